The number of hydrogen-bond acceptors (Lipinski definition) is 11. The molecule has 6 heterocycles. The van der Waals surface area contributed by atoms with Gasteiger partial charge in [-0.05, 0) is 104 Å². The van der Waals surface area contributed by atoms with Crippen LogP contribution in [0, 0.1) is 16.7 Å². The number of benzene rings is 2. The van der Waals surface area contributed by atoms with E-state index in [1.165, 1.54) is 5.01 Å². The van der Waals surface area contributed by atoms with Gasteiger partial charge in [-0.1, -0.05) is 39.8 Å². The largest absolute Gasteiger partial charge is 0.508 e. The second kappa shape index (κ2) is 19.7. The Kier molecular flexibility index (Phi) is 14.2. The monoisotopic (exact) mass is 920 g/mol. The van der Waals surface area contributed by atoms with Gasteiger partial charge in [-0.2, -0.15) is 0 Å². The molecule has 3 fully saturated rings. The van der Waals surface area contributed by atoms with E-state index < -0.39 is 34.8 Å². The minimum Gasteiger partial charge on any atom is -0.508 e. The van der Waals surface area contributed by atoms with E-state index in [-0.39, 0.29) is 55.1 Å². The molecule has 4 aliphatic heterocycles. The van der Waals surface area contributed by atoms with Gasteiger partial charge in [-0.25, -0.2) is 5.43 Å². The number of hydrogen-bond donors (Lipinski definition) is 3. The number of morpholine rings is 1. The predicted molar refractivity (Wildman–Crippen MR) is 256 cm³/mol. The Labute approximate surface area is 394 Å². The summed E-state index contributed by atoms with van der Waals surface area (Å²) in [5, 5.41) is 16.8. The van der Waals surface area contributed by atoms with E-state index >= 15 is 0 Å². The van der Waals surface area contributed by atoms with Gasteiger partial charge in [0.25, 0.3) is 5.91 Å². The van der Waals surface area contributed by atoms with Crippen LogP contribution in [-0.2, 0) is 52.8 Å². The lowest BCUT2D eigenvalue weighted by molar-refractivity contribution is -0.155. The molecular weight excluding hydrogens is 851 g/mol. The van der Waals surface area contributed by atoms with Gasteiger partial charge in [-0.3, -0.25) is 34.1 Å². The third-order valence-electron chi connectivity index (χ3n) is 14.1. The number of rotatable bonds is 10. The number of nitrogens with zero attached hydrogens (tertiary/aromatic N) is 5. The fourth-order valence-electron chi connectivity index (χ4n) is 10.8. The number of fused-ring (bicyclic) bond motifs is 7. The van der Waals surface area contributed by atoms with Gasteiger partial charge in [0.1, 0.15) is 17.8 Å². The Balaban J connectivity index is 1.13. The maximum atomic E-state index is 14.6. The molecule has 0 radical (unpaired) electrons. The standard InChI is InChI=1S/C52H69N7O8/c1-9-58-44-15-14-34-25-40(44)41(47(58)39-12-10-16-53-46(39)32(2)65-8)26-52(5,6)31-67-50(64)42-13-11-17-59(55-42)49(63)43(22-33-20-35(34)24-38(60)21-33)54-45(61)27-51(3,4)30-56(7)48(62)36-23-37-29-66-19-18-57(37)28-36/h10,12,14-16,20-21,24-25,32,36-37,42-43,55,60H,9,11,13,17-19,22-23,26-31H2,1-8H3,(H,54,61)/t32-,36-,37+,42-,43-/m0/s1. The fourth-order valence-corrected chi connectivity index (χ4v) is 10.8. The molecule has 4 aliphatic rings. The van der Waals surface area contributed by atoms with Crippen LogP contribution in [0.1, 0.15) is 90.2 Å². The number of nitrogens with one attached hydrogen (secondary N) is 2. The lowest BCUT2D eigenvalue weighted by atomic mass is 9.84. The number of amides is 3. The highest BCUT2D eigenvalue weighted by molar-refractivity contribution is 5.95. The second-order valence-electron chi connectivity index (χ2n) is 20.8. The molecule has 0 saturated carbocycles. The van der Waals surface area contributed by atoms with E-state index in [4.69, 9.17) is 19.2 Å². The number of cyclic esters (lactones) is 1. The summed E-state index contributed by atoms with van der Waals surface area (Å²) in [4.78, 5) is 65.2. The number of aryl methyl sites for hydroxylation is 1. The maximum absolute atomic E-state index is 14.6. The lowest BCUT2D eigenvalue weighted by Gasteiger charge is -2.36. The molecule has 0 aliphatic carbocycles. The zero-order valence-electron chi connectivity index (χ0n) is 40.5. The Hall–Kier alpha value is -5.35. The molecule has 2 aromatic carbocycles. The van der Waals surface area contributed by atoms with Crippen molar-refractivity contribution >= 4 is 34.6 Å². The van der Waals surface area contributed by atoms with Crippen LogP contribution >= 0.6 is 0 Å². The third-order valence-corrected chi connectivity index (χ3v) is 14.1. The Morgan fingerprint density at radius 1 is 1.12 bits per heavy atom. The van der Waals surface area contributed by atoms with Crippen LogP contribution < -0.4 is 10.7 Å². The summed E-state index contributed by atoms with van der Waals surface area (Å²) in [6, 6.07) is 14.1. The molecule has 3 saturated heterocycles. The molecule has 67 heavy (non-hydrogen) atoms. The number of pyridine rings is 1. The molecule has 8 rings (SSSR count). The quantitative estimate of drug-likeness (QED) is 0.159. The topological polar surface area (TPSA) is 168 Å². The molecular formula is C52H69N7O8. The number of phenolic OH excluding ortho intramolecular Hbond substituents is 1. The first-order valence-electron chi connectivity index (χ1n) is 24.0. The van der Waals surface area contributed by atoms with Gasteiger partial charge in [0.2, 0.25) is 11.8 Å². The number of esters is 1. The first-order valence-corrected chi connectivity index (χ1v) is 24.0. The van der Waals surface area contributed by atoms with E-state index in [0.29, 0.717) is 64.2 Å². The zero-order chi connectivity index (χ0) is 47.8. The second-order valence-corrected chi connectivity index (χ2v) is 20.8. The first-order chi connectivity index (χ1) is 31.9. The average Bonchev–Trinajstić information content (AvgIpc) is 3.87. The van der Waals surface area contributed by atoms with Gasteiger partial charge in [0, 0.05) is 93.8 Å². The van der Waals surface area contributed by atoms with Gasteiger partial charge in [0.05, 0.1) is 43.2 Å². The molecule has 0 spiro atoms. The van der Waals surface area contributed by atoms with Crippen LogP contribution in [0.5, 0.6) is 5.75 Å². The molecule has 360 valence electrons. The fraction of sp³-hybridized carbons (Fsp3) is 0.558. The van der Waals surface area contributed by atoms with E-state index in [9.17, 15) is 24.3 Å². The van der Waals surface area contributed by atoms with Crippen molar-refractivity contribution in [1.82, 2.24) is 35.1 Å². The number of aromatic nitrogens is 2. The highest BCUT2D eigenvalue weighted by Crippen LogP contribution is 2.42. The third kappa shape index (κ3) is 10.5. The molecule has 3 N–H and O–H groups in total. The van der Waals surface area contributed by atoms with Crippen molar-refractivity contribution in [3.05, 3.63) is 71.5 Å². The number of phenols is 1. The van der Waals surface area contributed by atoms with Crippen molar-refractivity contribution in [3.8, 4) is 28.1 Å². The minimum atomic E-state index is -1.05. The molecule has 5 atom stereocenters. The number of methoxy groups -OCH3 is 1. The van der Waals surface area contributed by atoms with E-state index in [0.717, 1.165) is 57.5 Å². The predicted octanol–water partition coefficient (Wildman–Crippen LogP) is 6.05. The van der Waals surface area contributed by atoms with Gasteiger partial charge in [0.15, 0.2) is 0 Å². The maximum Gasteiger partial charge on any atom is 0.324 e. The van der Waals surface area contributed by atoms with Crippen molar-refractivity contribution in [3.63, 3.8) is 0 Å². The zero-order valence-corrected chi connectivity index (χ0v) is 40.5. The summed E-state index contributed by atoms with van der Waals surface area (Å²) < 4.78 is 19.9. The summed E-state index contributed by atoms with van der Waals surface area (Å²) in [7, 11) is 3.48. The summed E-state index contributed by atoms with van der Waals surface area (Å²) in [5.74, 6) is -1.22. The Morgan fingerprint density at radius 3 is 2.69 bits per heavy atom. The lowest BCUT2D eigenvalue weighted by Crippen LogP contribution is -2.60. The van der Waals surface area contributed by atoms with Gasteiger partial charge < -0.3 is 34.1 Å². The van der Waals surface area contributed by atoms with E-state index in [2.05, 4.69) is 59.2 Å². The molecule has 0 unspecified atom stereocenters. The van der Waals surface area contributed by atoms with Crippen molar-refractivity contribution in [2.75, 3.05) is 60.2 Å². The summed E-state index contributed by atoms with van der Waals surface area (Å²) >= 11 is 0. The molecule has 15 heteroatoms. The molecule has 6 bridgehead atoms. The van der Waals surface area contributed by atoms with Crippen molar-refractivity contribution in [2.24, 2.45) is 16.7 Å². The smallest absolute Gasteiger partial charge is 0.324 e. The minimum absolute atomic E-state index is 0.0276. The first kappa shape index (κ1) is 48.1. The number of ether oxygens (including phenoxy) is 3. The Bertz CT molecular complexity index is 2490. The summed E-state index contributed by atoms with van der Waals surface area (Å²) in [5.41, 5.74) is 9.19. The van der Waals surface area contributed by atoms with E-state index in [1.807, 2.05) is 39.0 Å². The number of carbonyl (C=O) groups is 4. The highest BCUT2D eigenvalue weighted by atomic mass is 16.5. The van der Waals surface area contributed by atoms with Crippen LogP contribution in [-0.4, -0.2) is 131 Å². The molecule has 15 nitrogen and oxygen atoms in total. The van der Waals surface area contributed by atoms with Crippen LogP contribution in [0.4, 0.5) is 0 Å². The number of aromatic hydroxyl groups is 1. The molecule has 4 aromatic rings. The molecule has 2 aromatic heterocycles. The molecule has 3 amide bonds. The van der Waals surface area contributed by atoms with Crippen LogP contribution in [0.2, 0.25) is 0 Å². The normalized spacial score (nSPS) is 23.0. The van der Waals surface area contributed by atoms with Crippen LogP contribution in [0.3, 0.4) is 0 Å². The number of hydrazine groups is 1. The Morgan fingerprint density at radius 2 is 1.93 bits per heavy atom. The van der Waals surface area contributed by atoms with Crippen molar-refractivity contribution in [1.29, 1.82) is 0 Å². The number of carbonyl (C=O) groups excluding carboxylic acids is 4. The summed E-state index contributed by atoms with van der Waals surface area (Å²) in [6.45, 7) is 16.6. The van der Waals surface area contributed by atoms with Crippen LogP contribution in [0.15, 0.2) is 54.7 Å². The van der Waals surface area contributed by atoms with Crippen LogP contribution in [0.25, 0.3) is 33.3 Å². The van der Waals surface area contributed by atoms with Gasteiger partial charge in [-0.15, -0.1) is 0 Å². The van der Waals surface area contributed by atoms with Crippen molar-refractivity contribution in [2.45, 2.75) is 111 Å². The highest BCUT2D eigenvalue weighted by Gasteiger charge is 2.40. The van der Waals surface area contributed by atoms with Gasteiger partial charge >= 0.3 is 5.97 Å². The van der Waals surface area contributed by atoms with E-state index in [1.54, 1.807) is 37.4 Å². The average molecular weight is 920 g/mol. The SMILES string of the molecule is CCn1c(-c2cccnc2[C@H](C)OC)c2c3cc(ccc31)-c1cc(O)cc(c1)C[C@H](NC(=O)CC(C)(C)CN(C)C(=O)[C@H]1C[C@@H]3COCCN3C1)C(=O)N1CCC[C@H](N1)C(=O)OCC(C)(C)C2. The van der Waals surface area contributed by atoms with Crippen molar-refractivity contribution < 1.29 is 38.5 Å². The summed E-state index contributed by atoms with van der Waals surface area (Å²) in [6.07, 6.45) is 3.98.